The van der Waals surface area contributed by atoms with E-state index in [9.17, 15) is 5.48 Å². The van der Waals surface area contributed by atoms with Crippen molar-refractivity contribution in [1.82, 2.24) is 0 Å². The number of anilines is 6. The summed E-state index contributed by atoms with van der Waals surface area (Å²) in [5.41, 5.74) is -3.34. The van der Waals surface area contributed by atoms with Gasteiger partial charge in [-0.05, 0) is 78.8 Å². The van der Waals surface area contributed by atoms with Gasteiger partial charge in [0.15, 0.2) is 0 Å². The fraction of sp³-hybridized carbons (Fsp3) is 0.0286. The Bertz CT molecular complexity index is 2430. The van der Waals surface area contributed by atoms with Gasteiger partial charge in [0.1, 0.15) is 0 Å². The molecule has 0 saturated heterocycles. The first-order valence-corrected chi connectivity index (χ1v) is 11.2. The minimum Gasteiger partial charge on any atom is -0.311 e. The van der Waals surface area contributed by atoms with E-state index in [0.29, 0.717) is 15.7 Å². The summed E-state index contributed by atoms with van der Waals surface area (Å²) in [5.74, 6) is 0. The summed E-state index contributed by atoms with van der Waals surface area (Å²) in [6.45, 7) is 1.39. The predicted molar refractivity (Wildman–Crippen MR) is 158 cm³/mol. The Morgan fingerprint density at radius 2 is 0.919 bits per heavy atom. The molecule has 6 rings (SSSR count). The fourth-order valence-corrected chi connectivity index (χ4v) is 3.80. The van der Waals surface area contributed by atoms with Gasteiger partial charge in [0, 0.05) is 33.8 Å². The molecule has 0 atom stereocenters. The summed E-state index contributed by atoms with van der Waals surface area (Å²) < 4.78 is 157. The van der Waals surface area contributed by atoms with Crippen LogP contribution in [0.25, 0.3) is 10.8 Å². The quantitative estimate of drug-likeness (QED) is 0.227. The van der Waals surface area contributed by atoms with Crippen molar-refractivity contribution in [1.29, 1.82) is 0 Å². The Hall–Kier alpha value is -4.82. The smallest absolute Gasteiger partial charge is 0.0646 e. The first kappa shape index (κ1) is 10.3. The summed E-state index contributed by atoms with van der Waals surface area (Å²) >= 11 is 0. The van der Waals surface area contributed by atoms with Gasteiger partial charge in [-0.15, -0.1) is 0 Å². The van der Waals surface area contributed by atoms with E-state index in [1.165, 1.54) is 13.0 Å². The molecular weight excluding hydrogens is 448 g/mol. The van der Waals surface area contributed by atoms with Crippen LogP contribution in [0.3, 0.4) is 0 Å². The van der Waals surface area contributed by atoms with Gasteiger partial charge in [0.25, 0.3) is 0 Å². The molecule has 0 N–H and O–H groups in total. The molecule has 0 aromatic heterocycles. The topological polar surface area (TPSA) is 6.48 Å². The summed E-state index contributed by atoms with van der Waals surface area (Å²) in [7, 11) is 0. The number of fused-ring (bicyclic) bond motifs is 1. The van der Waals surface area contributed by atoms with Crippen molar-refractivity contribution in [2.75, 3.05) is 9.80 Å². The van der Waals surface area contributed by atoms with Crippen LogP contribution >= 0.6 is 0 Å². The van der Waals surface area contributed by atoms with Crippen LogP contribution in [0.2, 0.25) is 0 Å². The number of para-hydroxylation sites is 2. The number of rotatable bonds is 6. The lowest BCUT2D eigenvalue weighted by atomic mass is 10.1. The van der Waals surface area contributed by atoms with Crippen molar-refractivity contribution < 1.29 is 24.7 Å². The number of nitrogens with zero attached hydrogens (tertiary/aromatic N) is 2. The molecule has 0 spiro atoms. The average Bonchev–Trinajstić information content (AvgIpc) is 3.17. The zero-order valence-corrected chi connectivity index (χ0v) is 19.4. The Morgan fingerprint density at radius 3 is 1.51 bits per heavy atom. The minimum absolute atomic E-state index is 0.0133. The molecule has 0 aliphatic heterocycles. The number of hydrogen-bond acceptors (Lipinski definition) is 2. The first-order valence-electron chi connectivity index (χ1n) is 20.2. The second-order valence-corrected chi connectivity index (χ2v) is 7.79. The normalized spacial score (nSPS) is 17.6. The highest BCUT2D eigenvalue weighted by Gasteiger charge is 2.17. The first-order chi connectivity index (χ1) is 25.8. The Morgan fingerprint density at radius 1 is 0.459 bits per heavy atom. The molecule has 0 saturated carbocycles. The monoisotopic (exact) mass is 494 g/mol. The van der Waals surface area contributed by atoms with Gasteiger partial charge in [-0.25, -0.2) is 0 Å². The molecule has 2 heteroatoms. The SMILES string of the molecule is [2H]c1c([2H])c([2H])c(N(c2c([2H])c([2H])c([2H])c([2H])c2[2H])c2c([2H])c([2H])c(N(c3c([2H])c([2H])c(C)c([2H])c3[2H])c3cccc4ccccc34)c([2H])c2[2H])c([2H])c1[2H]. The van der Waals surface area contributed by atoms with Gasteiger partial charge in [0.05, 0.1) is 30.4 Å². The van der Waals surface area contributed by atoms with Crippen LogP contribution in [0.1, 0.15) is 30.2 Å². The molecule has 6 aromatic carbocycles. The van der Waals surface area contributed by atoms with Crippen molar-refractivity contribution in [3.8, 4) is 0 Å². The lowest BCUT2D eigenvalue weighted by molar-refractivity contribution is 1.26. The summed E-state index contributed by atoms with van der Waals surface area (Å²) in [5, 5.41) is 1.09. The molecule has 0 aliphatic carbocycles. The maximum atomic E-state index is 9.40. The maximum Gasteiger partial charge on any atom is 0.0646 e. The molecular formula is C35H28N2. The van der Waals surface area contributed by atoms with E-state index < -0.39 is 137 Å². The van der Waals surface area contributed by atoms with Crippen molar-refractivity contribution in [3.63, 3.8) is 0 Å². The highest BCUT2D eigenvalue weighted by Crippen LogP contribution is 2.41. The van der Waals surface area contributed by atoms with Crippen LogP contribution in [0.4, 0.5) is 34.1 Å². The van der Waals surface area contributed by atoms with Gasteiger partial charge in [-0.1, -0.05) is 90.3 Å². The highest BCUT2D eigenvalue weighted by atomic mass is 15.2. The highest BCUT2D eigenvalue weighted by molar-refractivity contribution is 5.99. The van der Waals surface area contributed by atoms with Gasteiger partial charge in [0.2, 0.25) is 0 Å². The zero-order valence-electron chi connectivity index (χ0n) is 37.4. The third kappa shape index (κ3) is 4.57. The molecule has 0 heterocycles. The Balaban J connectivity index is 1.82. The van der Waals surface area contributed by atoms with Gasteiger partial charge < -0.3 is 9.80 Å². The molecule has 0 unspecified atom stereocenters. The van der Waals surface area contributed by atoms with Gasteiger partial charge in [-0.3, -0.25) is 0 Å². The van der Waals surface area contributed by atoms with Crippen LogP contribution in [-0.2, 0) is 0 Å². The largest absolute Gasteiger partial charge is 0.311 e. The van der Waals surface area contributed by atoms with Crippen LogP contribution in [0.5, 0.6) is 0 Å². The molecule has 6 aromatic rings. The maximum absolute atomic E-state index is 9.40. The summed E-state index contributed by atoms with van der Waals surface area (Å²) in [6, 6.07) is -3.00. The summed E-state index contributed by atoms with van der Waals surface area (Å²) in [6.07, 6.45) is 0. The Kier molecular flexibility index (Phi) is 2.79. The molecule has 2 nitrogen and oxygen atoms in total. The van der Waals surface area contributed by atoms with Crippen LogP contribution < -0.4 is 9.80 Å². The molecule has 0 aliphatic rings. The molecule has 0 amide bonds. The van der Waals surface area contributed by atoms with Crippen molar-refractivity contribution in [2.24, 2.45) is 0 Å². The van der Waals surface area contributed by atoms with Gasteiger partial charge in [-0.2, -0.15) is 0 Å². The van der Waals surface area contributed by atoms with E-state index in [1.807, 2.05) is 0 Å². The van der Waals surface area contributed by atoms with E-state index in [4.69, 9.17) is 19.2 Å². The standard InChI is InChI=1S/C35H28N2/c1-27-19-21-32(22-20-27)37(35-18-10-12-28-11-8-9-17-34(28)35)33-25-23-31(24-26-33)36(29-13-4-2-5-14-29)30-15-6-3-7-16-30/h2-26H,1H3/i2D,3D,4D,5D,6D,7D,13D,14D,15D,16D,19D,20D,21D,22D,23D,24D,25D,26D. The van der Waals surface area contributed by atoms with E-state index >= 15 is 0 Å². The van der Waals surface area contributed by atoms with Crippen molar-refractivity contribution in [3.05, 3.63) is 157 Å². The van der Waals surface area contributed by atoms with Crippen molar-refractivity contribution in [2.45, 2.75) is 6.92 Å². The lowest BCUT2D eigenvalue weighted by Gasteiger charge is -2.29. The molecule has 0 bridgehead atoms. The summed E-state index contributed by atoms with van der Waals surface area (Å²) in [4.78, 5) is 1.61. The molecule has 0 radical (unpaired) electrons. The van der Waals surface area contributed by atoms with E-state index in [2.05, 4.69) is 0 Å². The minimum atomic E-state index is -0.970. The van der Waals surface area contributed by atoms with Gasteiger partial charge >= 0.3 is 0 Å². The lowest BCUT2D eigenvalue weighted by Crippen LogP contribution is -2.12. The fourth-order valence-electron chi connectivity index (χ4n) is 3.80. The van der Waals surface area contributed by atoms with E-state index in [-0.39, 0.29) is 11.3 Å². The third-order valence-electron chi connectivity index (χ3n) is 5.43. The second-order valence-electron chi connectivity index (χ2n) is 7.79. The van der Waals surface area contributed by atoms with E-state index in [0.717, 1.165) is 4.90 Å². The van der Waals surface area contributed by atoms with Crippen LogP contribution in [0, 0.1) is 6.92 Å². The zero-order chi connectivity index (χ0) is 40.7. The van der Waals surface area contributed by atoms with Crippen LogP contribution in [0.15, 0.2) is 151 Å². The van der Waals surface area contributed by atoms with Crippen LogP contribution in [-0.4, -0.2) is 0 Å². The average molecular weight is 495 g/mol. The second kappa shape index (κ2) is 10.0. The third-order valence-corrected chi connectivity index (χ3v) is 5.43. The molecule has 0 fully saturated rings. The Labute approximate surface area is 244 Å². The van der Waals surface area contributed by atoms with E-state index in [1.54, 1.807) is 36.4 Å². The predicted octanol–water partition coefficient (Wildman–Crippen LogP) is 10.1. The molecule has 37 heavy (non-hydrogen) atoms. The molecule has 178 valence electrons. The number of benzene rings is 6. The number of hydrogen-bond donors (Lipinski definition) is 0. The van der Waals surface area contributed by atoms with Crippen molar-refractivity contribution >= 4 is 44.9 Å².